The maximum Gasteiger partial charge on any atom is 0.307 e. The Morgan fingerprint density at radius 3 is 2.83 bits per heavy atom. The summed E-state index contributed by atoms with van der Waals surface area (Å²) in [6.45, 7) is 3.98. The molecule has 0 aliphatic heterocycles. The third-order valence-electron chi connectivity index (χ3n) is 4.67. The normalized spacial score (nSPS) is 11.3. The molecule has 1 N–H and O–H groups in total. The molecule has 0 aliphatic carbocycles. The lowest BCUT2D eigenvalue weighted by molar-refractivity contribution is 0.0929. The highest BCUT2D eigenvalue weighted by Crippen LogP contribution is 2.28. The van der Waals surface area contributed by atoms with Gasteiger partial charge in [0.1, 0.15) is 5.82 Å². The van der Waals surface area contributed by atoms with Crippen molar-refractivity contribution in [1.82, 2.24) is 15.0 Å². The number of carbonyl (C=O) groups is 1. The molecule has 0 saturated carbocycles. The number of nitrogens with one attached hydrogen (secondary N) is 1. The molecule has 146 valence electrons. The smallest absolute Gasteiger partial charge is 0.307 e. The molecule has 7 heteroatoms. The molecule has 3 aromatic heterocycles. The first-order chi connectivity index (χ1) is 14.1. The van der Waals surface area contributed by atoms with Gasteiger partial charge in [0.2, 0.25) is 0 Å². The van der Waals surface area contributed by atoms with Gasteiger partial charge in [0.05, 0.1) is 13.3 Å². The predicted octanol–water partition coefficient (Wildman–Crippen LogP) is 4.01. The Kier molecular flexibility index (Phi) is 4.87. The molecule has 1 aromatic carbocycles. The van der Waals surface area contributed by atoms with Crippen molar-refractivity contribution in [2.45, 2.75) is 13.8 Å². The highest BCUT2D eigenvalue weighted by molar-refractivity contribution is 5.97. The van der Waals surface area contributed by atoms with Crippen molar-refractivity contribution in [2.75, 3.05) is 7.11 Å². The summed E-state index contributed by atoms with van der Waals surface area (Å²) in [6.07, 6.45) is 3.37. The summed E-state index contributed by atoms with van der Waals surface area (Å²) in [4.78, 5) is 16.8. The number of amides is 1. The molecule has 0 aliphatic rings. The fourth-order valence-corrected chi connectivity index (χ4v) is 3.28. The van der Waals surface area contributed by atoms with E-state index in [9.17, 15) is 4.79 Å². The molecule has 7 nitrogen and oxygen atoms in total. The Bertz CT molecular complexity index is 1210. The average Bonchev–Trinajstić information content (AvgIpc) is 3.29. The third kappa shape index (κ3) is 3.50. The van der Waals surface area contributed by atoms with Gasteiger partial charge in [-0.05, 0) is 44.2 Å². The summed E-state index contributed by atoms with van der Waals surface area (Å²) in [6, 6.07) is 14.9. The highest BCUT2D eigenvalue weighted by Gasteiger charge is 2.14. The fraction of sp³-hybridized carbons (Fsp3) is 0.136. The zero-order valence-electron chi connectivity index (χ0n) is 16.3. The van der Waals surface area contributed by atoms with Gasteiger partial charge in [-0.3, -0.25) is 4.79 Å². The lowest BCUT2D eigenvalue weighted by Crippen LogP contribution is -2.16. The average molecular weight is 388 g/mol. The SMILES string of the molecule is COc1cccc2cc(C(=O)N/N=C\c3cc(C)n(-c4ccccn4)c3C)oc12. The Morgan fingerprint density at radius 2 is 2.07 bits per heavy atom. The van der Waals surface area contributed by atoms with E-state index in [4.69, 9.17) is 9.15 Å². The number of fused-ring (bicyclic) bond motifs is 1. The lowest BCUT2D eigenvalue weighted by atomic mass is 10.2. The first kappa shape index (κ1) is 18.5. The summed E-state index contributed by atoms with van der Waals surface area (Å²) in [7, 11) is 1.56. The van der Waals surface area contributed by atoms with E-state index in [1.807, 2.05) is 54.8 Å². The second-order valence-corrected chi connectivity index (χ2v) is 6.54. The standard InChI is InChI=1S/C22H20N4O3/c1-14-11-17(15(2)26(14)20-9-4-5-10-23-20)13-24-25-22(27)19-12-16-7-6-8-18(28-3)21(16)29-19/h4-13H,1-3H3,(H,25,27)/b24-13-. The van der Waals surface area contributed by atoms with Crippen LogP contribution in [0.1, 0.15) is 27.5 Å². The number of rotatable bonds is 5. The number of ether oxygens (including phenoxy) is 1. The topological polar surface area (TPSA) is 81.6 Å². The second kappa shape index (κ2) is 7.63. The van der Waals surface area contributed by atoms with Crippen LogP contribution in [0, 0.1) is 13.8 Å². The first-order valence-electron chi connectivity index (χ1n) is 9.09. The molecule has 3 heterocycles. The number of hydrogen-bond donors (Lipinski definition) is 1. The van der Waals surface area contributed by atoms with Crippen molar-refractivity contribution in [3.05, 3.63) is 77.4 Å². The van der Waals surface area contributed by atoms with Crippen LogP contribution >= 0.6 is 0 Å². The molecule has 1 amide bonds. The van der Waals surface area contributed by atoms with Crippen molar-refractivity contribution >= 4 is 23.1 Å². The molecule has 0 bridgehead atoms. The van der Waals surface area contributed by atoms with Gasteiger partial charge in [-0.2, -0.15) is 5.10 Å². The van der Waals surface area contributed by atoms with Crippen LogP contribution in [0.15, 0.2) is 64.2 Å². The highest BCUT2D eigenvalue weighted by atomic mass is 16.5. The zero-order valence-corrected chi connectivity index (χ0v) is 16.3. The molecular weight excluding hydrogens is 368 g/mol. The molecule has 29 heavy (non-hydrogen) atoms. The minimum Gasteiger partial charge on any atom is -0.493 e. The minimum absolute atomic E-state index is 0.167. The van der Waals surface area contributed by atoms with Crippen LogP contribution in [0.3, 0.4) is 0 Å². The molecule has 4 rings (SSSR count). The number of benzene rings is 1. The van der Waals surface area contributed by atoms with Crippen molar-refractivity contribution in [3.8, 4) is 11.6 Å². The Morgan fingerprint density at radius 1 is 1.21 bits per heavy atom. The van der Waals surface area contributed by atoms with E-state index in [0.717, 1.165) is 28.2 Å². The number of hydrazone groups is 1. The Hall–Kier alpha value is -3.87. The molecule has 0 unspecified atom stereocenters. The molecule has 0 saturated heterocycles. The molecule has 0 radical (unpaired) electrons. The van der Waals surface area contributed by atoms with Crippen LogP contribution in [0.25, 0.3) is 16.8 Å². The van der Waals surface area contributed by atoms with Crippen LogP contribution in [0.2, 0.25) is 0 Å². The number of furan rings is 1. The molecule has 4 aromatic rings. The molecule has 0 spiro atoms. The van der Waals surface area contributed by atoms with E-state index < -0.39 is 5.91 Å². The summed E-state index contributed by atoms with van der Waals surface area (Å²) in [5.74, 6) is 1.15. The van der Waals surface area contributed by atoms with Gasteiger partial charge >= 0.3 is 5.91 Å². The number of aromatic nitrogens is 2. The van der Waals surface area contributed by atoms with E-state index in [1.54, 1.807) is 31.7 Å². The van der Waals surface area contributed by atoms with E-state index >= 15 is 0 Å². The summed E-state index contributed by atoms with van der Waals surface area (Å²) >= 11 is 0. The summed E-state index contributed by atoms with van der Waals surface area (Å²) in [5, 5.41) is 4.88. The molecular formula is C22H20N4O3. The monoisotopic (exact) mass is 388 g/mol. The number of carbonyl (C=O) groups excluding carboxylic acids is 1. The van der Waals surface area contributed by atoms with Gasteiger partial charge in [0, 0.05) is 28.5 Å². The minimum atomic E-state index is -0.432. The van der Waals surface area contributed by atoms with Gasteiger partial charge < -0.3 is 13.7 Å². The summed E-state index contributed by atoms with van der Waals surface area (Å²) < 4.78 is 12.9. The molecule has 0 atom stereocenters. The van der Waals surface area contributed by atoms with Gasteiger partial charge in [-0.1, -0.05) is 18.2 Å². The van der Waals surface area contributed by atoms with E-state index in [1.165, 1.54) is 0 Å². The number of hydrogen-bond acceptors (Lipinski definition) is 5. The van der Waals surface area contributed by atoms with Crippen LogP contribution < -0.4 is 10.2 Å². The Labute approximate surface area is 167 Å². The van der Waals surface area contributed by atoms with Crippen molar-refractivity contribution in [2.24, 2.45) is 5.10 Å². The first-order valence-corrected chi connectivity index (χ1v) is 9.09. The van der Waals surface area contributed by atoms with Crippen LogP contribution in [-0.2, 0) is 0 Å². The van der Waals surface area contributed by atoms with Crippen LogP contribution in [-0.4, -0.2) is 28.8 Å². The molecule has 0 fully saturated rings. The lowest BCUT2D eigenvalue weighted by Gasteiger charge is -2.07. The number of para-hydroxylation sites is 1. The number of aryl methyl sites for hydroxylation is 1. The van der Waals surface area contributed by atoms with Gasteiger partial charge in [0.25, 0.3) is 0 Å². The van der Waals surface area contributed by atoms with Crippen molar-refractivity contribution < 1.29 is 13.9 Å². The predicted molar refractivity (Wildman–Crippen MR) is 111 cm³/mol. The Balaban J connectivity index is 1.53. The quantitative estimate of drug-likeness (QED) is 0.414. The second-order valence-electron chi connectivity index (χ2n) is 6.54. The van der Waals surface area contributed by atoms with E-state index in [2.05, 4.69) is 15.5 Å². The maximum absolute atomic E-state index is 12.4. The number of methoxy groups -OCH3 is 1. The van der Waals surface area contributed by atoms with Crippen LogP contribution in [0.4, 0.5) is 0 Å². The summed E-state index contributed by atoms with van der Waals surface area (Å²) in [5.41, 5.74) is 5.94. The van der Waals surface area contributed by atoms with Gasteiger partial charge in [-0.25, -0.2) is 10.4 Å². The van der Waals surface area contributed by atoms with Gasteiger partial charge in [-0.15, -0.1) is 0 Å². The van der Waals surface area contributed by atoms with E-state index in [0.29, 0.717) is 11.3 Å². The largest absolute Gasteiger partial charge is 0.493 e. The zero-order chi connectivity index (χ0) is 20.4. The van der Waals surface area contributed by atoms with Crippen molar-refractivity contribution in [3.63, 3.8) is 0 Å². The van der Waals surface area contributed by atoms with Gasteiger partial charge in [0.15, 0.2) is 17.1 Å². The van der Waals surface area contributed by atoms with E-state index in [-0.39, 0.29) is 5.76 Å². The number of pyridine rings is 1. The van der Waals surface area contributed by atoms with Crippen LogP contribution in [0.5, 0.6) is 5.75 Å². The third-order valence-corrected chi connectivity index (χ3v) is 4.67. The van der Waals surface area contributed by atoms with Crippen molar-refractivity contribution in [1.29, 1.82) is 0 Å². The fourth-order valence-electron chi connectivity index (χ4n) is 3.28. The maximum atomic E-state index is 12.4. The number of nitrogens with zero attached hydrogens (tertiary/aromatic N) is 3.